The van der Waals surface area contributed by atoms with E-state index in [1.165, 1.54) is 5.69 Å². The molecule has 82 valence electrons. The van der Waals surface area contributed by atoms with Gasteiger partial charge in [0, 0.05) is 44.4 Å². The van der Waals surface area contributed by atoms with E-state index >= 15 is 0 Å². The van der Waals surface area contributed by atoms with Crippen molar-refractivity contribution in [2.45, 2.75) is 13.0 Å². The Kier molecular flexibility index (Phi) is 3.23. The molecule has 1 saturated heterocycles. The highest BCUT2D eigenvalue weighted by molar-refractivity contribution is 5.49. The summed E-state index contributed by atoms with van der Waals surface area (Å²) in [6.07, 6.45) is -0.132. The number of nitrogens with zero attached hydrogens (tertiary/aromatic N) is 1. The minimum atomic E-state index is -0.132. The van der Waals surface area contributed by atoms with Gasteiger partial charge >= 0.3 is 0 Å². The molecule has 0 radical (unpaired) electrons. The van der Waals surface area contributed by atoms with E-state index in [1.54, 1.807) is 0 Å². The Morgan fingerprint density at radius 3 is 2.73 bits per heavy atom. The van der Waals surface area contributed by atoms with E-state index in [-0.39, 0.29) is 6.10 Å². The van der Waals surface area contributed by atoms with Gasteiger partial charge in [-0.25, -0.2) is 0 Å². The Balaban J connectivity index is 2.16. The van der Waals surface area contributed by atoms with Crippen molar-refractivity contribution in [3.05, 3.63) is 29.8 Å². The summed E-state index contributed by atoms with van der Waals surface area (Å²) in [5.74, 6) is 0. The summed E-state index contributed by atoms with van der Waals surface area (Å²) in [5.41, 5.74) is 2.36. The lowest BCUT2D eigenvalue weighted by Crippen LogP contribution is -2.43. The van der Waals surface area contributed by atoms with E-state index in [1.807, 2.05) is 13.0 Å². The first-order valence-electron chi connectivity index (χ1n) is 5.54. The molecule has 3 nitrogen and oxygen atoms in total. The van der Waals surface area contributed by atoms with Gasteiger partial charge in [-0.15, -0.1) is 0 Å². The maximum absolute atomic E-state index is 7.70. The van der Waals surface area contributed by atoms with Crippen molar-refractivity contribution in [2.24, 2.45) is 0 Å². The summed E-state index contributed by atoms with van der Waals surface area (Å²) in [6, 6.07) is 8.36. The Bertz CT molecular complexity index is 319. The number of piperazine rings is 1. The third kappa shape index (κ3) is 2.49. The third-order valence-corrected chi connectivity index (χ3v) is 2.85. The summed E-state index contributed by atoms with van der Waals surface area (Å²) in [6.45, 7) is 6.16. The van der Waals surface area contributed by atoms with Crippen LogP contribution < -0.4 is 10.2 Å². The molecule has 0 spiro atoms. The van der Waals surface area contributed by atoms with Crippen LogP contribution in [-0.4, -0.2) is 31.3 Å². The summed E-state index contributed by atoms with van der Waals surface area (Å²) < 4.78 is 0. The second-order valence-electron chi connectivity index (χ2n) is 4.05. The van der Waals surface area contributed by atoms with Crippen LogP contribution >= 0.6 is 0 Å². The molecule has 0 aromatic heterocycles. The molecule has 1 aliphatic rings. The van der Waals surface area contributed by atoms with E-state index in [4.69, 9.17) is 5.11 Å². The first-order chi connectivity index (χ1) is 7.27. The predicted octanol–water partition coefficient (Wildman–Crippen LogP) is 0.882. The summed E-state index contributed by atoms with van der Waals surface area (Å²) in [5, 5.41) is 11.0. The highest BCUT2D eigenvalue weighted by Gasteiger charge is 2.12. The average molecular weight is 207 g/mol. The van der Waals surface area contributed by atoms with Gasteiger partial charge in [0.1, 0.15) is 0 Å². The maximum Gasteiger partial charge on any atom is 0.177 e. The van der Waals surface area contributed by atoms with Crippen LogP contribution in [0.2, 0.25) is 0 Å². The zero-order valence-electron chi connectivity index (χ0n) is 9.16. The van der Waals surface area contributed by atoms with Crippen LogP contribution in [0.25, 0.3) is 0 Å². The predicted molar refractivity (Wildman–Crippen MR) is 63.6 cm³/mol. The lowest BCUT2D eigenvalue weighted by Gasteiger charge is -2.29. The molecule has 3 N–H and O–H groups in total. The SMILES string of the molecule is CC([OH2+])c1cccc(N2CCNCC2)c1. The smallest absolute Gasteiger partial charge is 0.177 e. The number of hydrogen-bond donors (Lipinski definition) is 1. The minimum Gasteiger partial charge on any atom is -0.440 e. The molecule has 1 aliphatic heterocycles. The number of anilines is 1. The van der Waals surface area contributed by atoms with Crippen molar-refractivity contribution >= 4 is 5.69 Å². The Morgan fingerprint density at radius 1 is 1.33 bits per heavy atom. The molecule has 3 heteroatoms. The van der Waals surface area contributed by atoms with Gasteiger partial charge in [0.2, 0.25) is 0 Å². The molecule has 0 saturated carbocycles. The van der Waals surface area contributed by atoms with E-state index in [0.29, 0.717) is 0 Å². The molecule has 1 aromatic carbocycles. The van der Waals surface area contributed by atoms with Gasteiger partial charge in [0.25, 0.3) is 0 Å². The summed E-state index contributed by atoms with van der Waals surface area (Å²) in [4.78, 5) is 2.38. The van der Waals surface area contributed by atoms with Gasteiger partial charge in [0.05, 0.1) is 0 Å². The van der Waals surface area contributed by atoms with Crippen molar-refractivity contribution in [3.8, 4) is 0 Å². The summed E-state index contributed by atoms with van der Waals surface area (Å²) in [7, 11) is 0. The van der Waals surface area contributed by atoms with E-state index < -0.39 is 0 Å². The fraction of sp³-hybridized carbons (Fsp3) is 0.500. The number of rotatable bonds is 2. The minimum absolute atomic E-state index is 0.132. The van der Waals surface area contributed by atoms with Crippen LogP contribution in [0.5, 0.6) is 0 Å². The van der Waals surface area contributed by atoms with E-state index in [2.05, 4.69) is 28.4 Å². The van der Waals surface area contributed by atoms with Gasteiger partial charge in [-0.1, -0.05) is 12.1 Å². The molecule has 15 heavy (non-hydrogen) atoms. The highest BCUT2D eigenvalue weighted by Crippen LogP contribution is 2.20. The van der Waals surface area contributed by atoms with Gasteiger partial charge in [-0.05, 0) is 12.1 Å². The van der Waals surface area contributed by atoms with Crippen molar-refractivity contribution in [3.63, 3.8) is 0 Å². The van der Waals surface area contributed by atoms with Gasteiger partial charge in [-0.2, -0.15) is 0 Å². The van der Waals surface area contributed by atoms with Crippen LogP contribution in [0.1, 0.15) is 18.6 Å². The molecular formula is C12H19N2O+. The van der Waals surface area contributed by atoms with Crippen LogP contribution in [0.4, 0.5) is 5.69 Å². The zero-order valence-corrected chi connectivity index (χ0v) is 9.16. The molecule has 2 rings (SSSR count). The molecule has 0 aliphatic carbocycles. The van der Waals surface area contributed by atoms with Crippen LogP contribution in [-0.2, 0) is 0 Å². The van der Waals surface area contributed by atoms with Crippen molar-refractivity contribution in [2.75, 3.05) is 31.1 Å². The highest BCUT2D eigenvalue weighted by atomic mass is 16.3. The monoisotopic (exact) mass is 207 g/mol. The largest absolute Gasteiger partial charge is 0.440 e. The van der Waals surface area contributed by atoms with Crippen molar-refractivity contribution < 1.29 is 5.11 Å². The zero-order chi connectivity index (χ0) is 10.7. The Morgan fingerprint density at radius 2 is 2.07 bits per heavy atom. The molecular weight excluding hydrogens is 188 g/mol. The lowest BCUT2D eigenvalue weighted by atomic mass is 10.1. The fourth-order valence-electron chi connectivity index (χ4n) is 1.91. The standard InChI is InChI=1S/C12H18N2O/c1-10(15)11-3-2-4-12(9-11)14-7-5-13-6-8-14/h2-4,9-10,13,15H,5-8H2,1H3/p+1. The average Bonchev–Trinajstić information content (AvgIpc) is 2.30. The molecule has 1 atom stereocenters. The second-order valence-corrected chi connectivity index (χ2v) is 4.05. The topological polar surface area (TPSA) is 38.2 Å². The molecule has 1 unspecified atom stereocenters. The number of hydrogen-bond acceptors (Lipinski definition) is 2. The van der Waals surface area contributed by atoms with Crippen LogP contribution in [0, 0.1) is 0 Å². The van der Waals surface area contributed by atoms with Crippen LogP contribution in [0.15, 0.2) is 24.3 Å². The van der Waals surface area contributed by atoms with Crippen molar-refractivity contribution in [1.82, 2.24) is 5.32 Å². The van der Waals surface area contributed by atoms with Crippen LogP contribution in [0.3, 0.4) is 0 Å². The Hall–Kier alpha value is -1.06. The molecule has 1 heterocycles. The van der Waals surface area contributed by atoms with E-state index in [0.717, 1.165) is 31.7 Å². The first-order valence-corrected chi connectivity index (χ1v) is 5.54. The molecule has 1 fully saturated rings. The van der Waals surface area contributed by atoms with Crippen molar-refractivity contribution in [1.29, 1.82) is 0 Å². The third-order valence-electron chi connectivity index (χ3n) is 2.85. The Labute approximate surface area is 90.7 Å². The maximum atomic E-state index is 7.70. The molecule has 0 amide bonds. The quantitative estimate of drug-likeness (QED) is 0.731. The van der Waals surface area contributed by atoms with Gasteiger partial charge < -0.3 is 15.3 Å². The molecule has 0 bridgehead atoms. The normalized spacial score (nSPS) is 18.9. The lowest BCUT2D eigenvalue weighted by molar-refractivity contribution is 0.199. The second kappa shape index (κ2) is 4.64. The van der Waals surface area contributed by atoms with Gasteiger partial charge in [0.15, 0.2) is 6.10 Å². The number of nitrogens with one attached hydrogen (secondary N) is 1. The fourth-order valence-corrected chi connectivity index (χ4v) is 1.91. The first kappa shape index (κ1) is 10.5. The van der Waals surface area contributed by atoms with E-state index in [9.17, 15) is 0 Å². The summed E-state index contributed by atoms with van der Waals surface area (Å²) >= 11 is 0. The number of benzene rings is 1. The van der Waals surface area contributed by atoms with Gasteiger partial charge in [-0.3, -0.25) is 0 Å². The molecule has 1 aromatic rings.